The Bertz CT molecular complexity index is 228. The summed E-state index contributed by atoms with van der Waals surface area (Å²) in [4.78, 5) is 6.37. The number of rotatable bonds is 7. The lowest BCUT2D eigenvalue weighted by atomic mass is 10.5. The number of hydrogen-bond acceptors (Lipinski definition) is 5. The first-order valence-electron chi connectivity index (χ1n) is 4.64. The van der Waals surface area contributed by atoms with Gasteiger partial charge in [-0.1, -0.05) is 0 Å². The second-order valence-electron chi connectivity index (χ2n) is 3.06. The van der Waals surface area contributed by atoms with Crippen LogP contribution >= 0.6 is 11.3 Å². The maximum Gasteiger partial charge on any atom is 0.182 e. The molecule has 0 saturated carbocycles. The molecule has 0 amide bonds. The smallest absolute Gasteiger partial charge is 0.182 e. The number of anilines is 1. The lowest BCUT2D eigenvalue weighted by Crippen LogP contribution is -2.28. The summed E-state index contributed by atoms with van der Waals surface area (Å²) in [6.45, 7) is 3.68. The summed E-state index contributed by atoms with van der Waals surface area (Å²) in [5, 5.41) is 6.22. The fraction of sp³-hybridized carbons (Fsp3) is 0.667. The minimum absolute atomic E-state index is 0.785. The second kappa shape index (κ2) is 6.75. The van der Waals surface area contributed by atoms with E-state index in [2.05, 4.69) is 22.2 Å². The summed E-state index contributed by atoms with van der Waals surface area (Å²) in [6, 6.07) is 0. The molecule has 80 valence electrons. The molecule has 1 aromatic rings. The van der Waals surface area contributed by atoms with Crippen molar-refractivity contribution in [3.05, 3.63) is 11.6 Å². The molecule has 1 rings (SSSR count). The quantitative estimate of drug-likeness (QED) is 0.740. The molecule has 4 nitrogen and oxygen atoms in total. The van der Waals surface area contributed by atoms with E-state index >= 15 is 0 Å². The standard InChI is InChI=1S/C9H17N3OS/c1-12(6-7-13-2)5-3-10-9-11-4-8-14-9/h4,8H,3,5-7H2,1-2H3,(H,10,11). The molecular formula is C9H17N3OS. The van der Waals surface area contributed by atoms with Gasteiger partial charge in [0, 0.05) is 38.3 Å². The molecule has 0 aliphatic heterocycles. The van der Waals surface area contributed by atoms with E-state index in [9.17, 15) is 0 Å². The first-order valence-corrected chi connectivity index (χ1v) is 5.51. The average molecular weight is 215 g/mol. The maximum atomic E-state index is 4.99. The molecule has 0 aromatic carbocycles. The van der Waals surface area contributed by atoms with E-state index in [0.717, 1.165) is 31.4 Å². The third-order valence-electron chi connectivity index (χ3n) is 1.88. The highest BCUT2D eigenvalue weighted by molar-refractivity contribution is 7.13. The van der Waals surface area contributed by atoms with Crippen LogP contribution in [0, 0.1) is 0 Å². The summed E-state index contributed by atoms with van der Waals surface area (Å²) < 4.78 is 4.99. The van der Waals surface area contributed by atoms with Gasteiger partial charge in [-0.2, -0.15) is 0 Å². The van der Waals surface area contributed by atoms with Gasteiger partial charge in [0.1, 0.15) is 0 Å². The molecule has 0 atom stereocenters. The van der Waals surface area contributed by atoms with Crippen molar-refractivity contribution in [3.63, 3.8) is 0 Å². The number of thiazole rings is 1. The Morgan fingerprint density at radius 1 is 1.57 bits per heavy atom. The van der Waals surface area contributed by atoms with Crippen molar-refractivity contribution in [1.29, 1.82) is 0 Å². The van der Waals surface area contributed by atoms with Gasteiger partial charge in [0.05, 0.1) is 6.61 Å². The molecule has 5 heteroatoms. The molecule has 0 fully saturated rings. The zero-order valence-electron chi connectivity index (χ0n) is 8.69. The second-order valence-corrected chi connectivity index (χ2v) is 3.95. The SMILES string of the molecule is COCCN(C)CCNc1nccs1. The Kier molecular flexibility index (Phi) is 5.51. The summed E-state index contributed by atoms with van der Waals surface area (Å²) in [6.07, 6.45) is 1.81. The first kappa shape index (κ1) is 11.4. The lowest BCUT2D eigenvalue weighted by Gasteiger charge is -2.15. The van der Waals surface area contributed by atoms with Gasteiger partial charge in [0.25, 0.3) is 0 Å². The van der Waals surface area contributed by atoms with Crippen LogP contribution in [0.25, 0.3) is 0 Å². The molecule has 0 spiro atoms. The van der Waals surface area contributed by atoms with Gasteiger partial charge in [0.15, 0.2) is 5.13 Å². The molecule has 1 aromatic heterocycles. The highest BCUT2D eigenvalue weighted by Crippen LogP contribution is 2.09. The monoisotopic (exact) mass is 215 g/mol. The minimum atomic E-state index is 0.785. The molecule has 0 radical (unpaired) electrons. The Morgan fingerprint density at radius 2 is 2.43 bits per heavy atom. The van der Waals surface area contributed by atoms with Crippen LogP contribution in [0.4, 0.5) is 5.13 Å². The van der Waals surface area contributed by atoms with Crippen LogP contribution in [-0.2, 0) is 4.74 Å². The van der Waals surface area contributed by atoms with Crippen LogP contribution in [-0.4, -0.2) is 50.3 Å². The molecule has 14 heavy (non-hydrogen) atoms. The minimum Gasteiger partial charge on any atom is -0.383 e. The zero-order valence-corrected chi connectivity index (χ0v) is 9.51. The third kappa shape index (κ3) is 4.55. The van der Waals surface area contributed by atoms with Gasteiger partial charge in [-0.3, -0.25) is 0 Å². The van der Waals surface area contributed by atoms with Crippen molar-refractivity contribution in [2.75, 3.05) is 45.7 Å². The van der Waals surface area contributed by atoms with E-state index in [0.29, 0.717) is 0 Å². The van der Waals surface area contributed by atoms with Crippen LogP contribution in [0.3, 0.4) is 0 Å². The van der Waals surface area contributed by atoms with Crippen molar-refractivity contribution in [3.8, 4) is 0 Å². The van der Waals surface area contributed by atoms with Gasteiger partial charge >= 0.3 is 0 Å². The highest BCUT2D eigenvalue weighted by Gasteiger charge is 1.98. The van der Waals surface area contributed by atoms with Crippen molar-refractivity contribution in [1.82, 2.24) is 9.88 Å². The van der Waals surface area contributed by atoms with Crippen LogP contribution in [0.5, 0.6) is 0 Å². The Labute approximate surface area is 88.9 Å². The number of methoxy groups -OCH3 is 1. The molecule has 1 N–H and O–H groups in total. The lowest BCUT2D eigenvalue weighted by molar-refractivity contribution is 0.163. The van der Waals surface area contributed by atoms with E-state index in [-0.39, 0.29) is 0 Å². The third-order valence-corrected chi connectivity index (χ3v) is 2.61. The molecule has 0 unspecified atom stereocenters. The Hall–Kier alpha value is -0.650. The number of likely N-dealkylation sites (N-methyl/N-ethyl adjacent to an activating group) is 1. The van der Waals surface area contributed by atoms with Crippen molar-refractivity contribution in [2.45, 2.75) is 0 Å². The first-order chi connectivity index (χ1) is 6.83. The van der Waals surface area contributed by atoms with Gasteiger partial charge in [-0.25, -0.2) is 4.98 Å². The fourth-order valence-electron chi connectivity index (χ4n) is 1.02. The average Bonchev–Trinajstić information content (AvgIpc) is 2.67. The molecule has 0 bridgehead atoms. The molecule has 0 saturated heterocycles. The summed E-state index contributed by atoms with van der Waals surface area (Å²) >= 11 is 1.63. The predicted octanol–water partition coefficient (Wildman–Crippen LogP) is 1.13. The van der Waals surface area contributed by atoms with E-state index in [1.807, 2.05) is 11.6 Å². The fourth-order valence-corrected chi connectivity index (χ4v) is 1.58. The summed E-state index contributed by atoms with van der Waals surface area (Å²) in [5.41, 5.74) is 0. The predicted molar refractivity (Wildman–Crippen MR) is 60.0 cm³/mol. The van der Waals surface area contributed by atoms with Gasteiger partial charge in [0.2, 0.25) is 0 Å². The largest absolute Gasteiger partial charge is 0.383 e. The van der Waals surface area contributed by atoms with Crippen molar-refractivity contribution in [2.24, 2.45) is 0 Å². The maximum absolute atomic E-state index is 4.99. The van der Waals surface area contributed by atoms with Crippen LogP contribution in [0.2, 0.25) is 0 Å². The summed E-state index contributed by atoms with van der Waals surface area (Å²) in [7, 11) is 3.81. The Balaban J connectivity index is 2.03. The number of nitrogens with zero attached hydrogens (tertiary/aromatic N) is 2. The van der Waals surface area contributed by atoms with E-state index in [1.54, 1.807) is 18.4 Å². The number of ether oxygens (including phenoxy) is 1. The summed E-state index contributed by atoms with van der Waals surface area (Å²) in [5.74, 6) is 0. The van der Waals surface area contributed by atoms with Gasteiger partial charge in [-0.15, -0.1) is 11.3 Å². The van der Waals surface area contributed by atoms with Crippen LogP contribution in [0.15, 0.2) is 11.6 Å². The van der Waals surface area contributed by atoms with Crippen molar-refractivity contribution >= 4 is 16.5 Å². The van der Waals surface area contributed by atoms with Crippen molar-refractivity contribution < 1.29 is 4.74 Å². The molecule has 0 aliphatic carbocycles. The van der Waals surface area contributed by atoms with Crippen LogP contribution < -0.4 is 5.32 Å². The van der Waals surface area contributed by atoms with E-state index in [4.69, 9.17) is 4.74 Å². The zero-order chi connectivity index (χ0) is 10.2. The number of hydrogen-bond donors (Lipinski definition) is 1. The van der Waals surface area contributed by atoms with Crippen LogP contribution in [0.1, 0.15) is 0 Å². The number of nitrogens with one attached hydrogen (secondary N) is 1. The van der Waals surface area contributed by atoms with E-state index in [1.165, 1.54) is 0 Å². The van der Waals surface area contributed by atoms with E-state index < -0.39 is 0 Å². The normalized spacial score (nSPS) is 10.8. The topological polar surface area (TPSA) is 37.4 Å². The number of aromatic nitrogens is 1. The Morgan fingerprint density at radius 3 is 3.07 bits per heavy atom. The molecule has 1 heterocycles. The molecule has 0 aliphatic rings. The highest BCUT2D eigenvalue weighted by atomic mass is 32.1. The molecular weight excluding hydrogens is 198 g/mol. The van der Waals surface area contributed by atoms with Gasteiger partial charge in [-0.05, 0) is 7.05 Å². The van der Waals surface area contributed by atoms with Gasteiger partial charge < -0.3 is 15.0 Å².